The summed E-state index contributed by atoms with van der Waals surface area (Å²) in [6.45, 7) is 3.67. The number of rotatable bonds is 18. The molecule has 0 spiro atoms. The zero-order valence-electron chi connectivity index (χ0n) is 30.5. The monoisotopic (exact) mass is 749 g/mol. The second-order valence-corrected chi connectivity index (χ2v) is 14.0. The maximum absolute atomic E-state index is 13.5. The predicted octanol–water partition coefficient (Wildman–Crippen LogP) is -3.49. The van der Waals surface area contributed by atoms with E-state index in [1.165, 1.54) is 14.7 Å². The van der Waals surface area contributed by atoms with Crippen molar-refractivity contribution in [2.45, 2.75) is 102 Å². The molecule has 296 valence electrons. The Kier molecular flexibility index (Phi) is 16.2. The number of guanidine groups is 1. The topological polar surface area (TPSA) is 303 Å². The average molecular weight is 750 g/mol. The SMILES string of the molecule is CC(C)C[C@H](NC(=O)CNC(=O)[C@@H]1CCCN1C(=O)[C@@H]1CCCN1C(=O)CN)C(=O)N[C@@H](CCCNC(=N)N)C(=O)NCC(=O)N1CCC[C@H]1C(=O)O. The number of carbonyl (C=O) groups is 8. The van der Waals surface area contributed by atoms with E-state index in [-0.39, 0.29) is 62.6 Å². The first-order chi connectivity index (χ1) is 25.1. The third kappa shape index (κ3) is 12.3. The molecule has 5 atom stereocenters. The van der Waals surface area contributed by atoms with Gasteiger partial charge in [-0.1, -0.05) is 13.8 Å². The van der Waals surface area contributed by atoms with Gasteiger partial charge in [0.2, 0.25) is 41.4 Å². The minimum atomic E-state index is -1.16. The van der Waals surface area contributed by atoms with Crippen LogP contribution in [-0.4, -0.2) is 149 Å². The van der Waals surface area contributed by atoms with Crippen LogP contribution in [0.5, 0.6) is 0 Å². The van der Waals surface area contributed by atoms with E-state index in [1.54, 1.807) is 0 Å². The minimum Gasteiger partial charge on any atom is -0.480 e. The molecule has 7 amide bonds. The summed E-state index contributed by atoms with van der Waals surface area (Å²) in [5.41, 5.74) is 10.9. The Morgan fingerprint density at radius 3 is 1.96 bits per heavy atom. The highest BCUT2D eigenvalue weighted by Gasteiger charge is 2.42. The van der Waals surface area contributed by atoms with Crippen molar-refractivity contribution in [2.75, 3.05) is 45.8 Å². The summed E-state index contributed by atoms with van der Waals surface area (Å²) in [6.07, 6.45) is 3.43. The lowest BCUT2D eigenvalue weighted by Crippen LogP contribution is -2.56. The van der Waals surface area contributed by atoms with Gasteiger partial charge in [0.05, 0.1) is 19.6 Å². The van der Waals surface area contributed by atoms with Crippen molar-refractivity contribution < 1.29 is 43.5 Å². The predicted molar refractivity (Wildman–Crippen MR) is 189 cm³/mol. The Bertz CT molecular complexity index is 1390. The van der Waals surface area contributed by atoms with Crippen molar-refractivity contribution >= 4 is 53.3 Å². The van der Waals surface area contributed by atoms with Crippen molar-refractivity contribution in [3.05, 3.63) is 0 Å². The van der Waals surface area contributed by atoms with Crippen LogP contribution < -0.4 is 38.1 Å². The molecule has 0 radical (unpaired) electrons. The standard InChI is InChI=1S/C33H55N11O9/c1-19(2)15-21(40-25(45)17-38-30(50)22-8-4-14-44(22)31(51)23-9-5-12-42(23)26(46)16-34)29(49)41-20(7-3-11-37-33(35)36)28(48)39-18-27(47)43-13-6-10-24(43)32(52)53/h19-24H,3-18,34H2,1-2H3,(H,38,50)(H,39,48)(H,40,45)(H,41,49)(H,52,53)(H4,35,36,37)/t20-,21-,22-,23-,24-/m0/s1. The van der Waals surface area contributed by atoms with Crippen molar-refractivity contribution in [2.24, 2.45) is 17.4 Å². The molecular formula is C33H55N11O9. The van der Waals surface area contributed by atoms with Crippen LogP contribution in [0, 0.1) is 11.3 Å². The third-order valence-electron chi connectivity index (χ3n) is 9.54. The molecule has 0 bridgehead atoms. The summed E-state index contributed by atoms with van der Waals surface area (Å²) in [5.74, 6) is -5.34. The third-order valence-corrected chi connectivity index (χ3v) is 9.54. The number of amides is 7. The molecule has 53 heavy (non-hydrogen) atoms. The van der Waals surface area contributed by atoms with E-state index in [4.69, 9.17) is 16.9 Å². The van der Waals surface area contributed by atoms with Gasteiger partial charge in [0.25, 0.3) is 0 Å². The second-order valence-electron chi connectivity index (χ2n) is 14.0. The largest absolute Gasteiger partial charge is 0.480 e. The van der Waals surface area contributed by atoms with Gasteiger partial charge in [-0.3, -0.25) is 39.0 Å². The number of hydrogen-bond donors (Lipinski definition) is 9. The molecule has 0 aromatic rings. The van der Waals surface area contributed by atoms with Crippen LogP contribution in [0.15, 0.2) is 0 Å². The molecule has 0 aliphatic carbocycles. The number of nitrogens with two attached hydrogens (primary N) is 2. The molecule has 20 nitrogen and oxygen atoms in total. The van der Waals surface area contributed by atoms with Crippen LogP contribution >= 0.6 is 0 Å². The van der Waals surface area contributed by atoms with E-state index in [0.29, 0.717) is 51.6 Å². The fraction of sp³-hybridized carbons (Fsp3) is 0.727. The van der Waals surface area contributed by atoms with Crippen LogP contribution in [0.25, 0.3) is 0 Å². The number of nitrogens with zero attached hydrogens (tertiary/aromatic N) is 3. The van der Waals surface area contributed by atoms with E-state index in [0.717, 1.165) is 0 Å². The van der Waals surface area contributed by atoms with Gasteiger partial charge in [0, 0.05) is 26.2 Å². The lowest BCUT2D eigenvalue weighted by Gasteiger charge is -2.30. The number of carbonyl (C=O) groups excluding carboxylic acids is 7. The van der Waals surface area contributed by atoms with E-state index >= 15 is 0 Å². The molecule has 3 rings (SSSR count). The average Bonchev–Trinajstić information content (AvgIpc) is 3.91. The number of aliphatic carboxylic acids is 1. The Morgan fingerprint density at radius 2 is 1.36 bits per heavy atom. The first kappa shape index (κ1) is 42.4. The molecule has 0 aromatic carbocycles. The summed E-state index contributed by atoms with van der Waals surface area (Å²) in [4.78, 5) is 107. The Hall–Kier alpha value is -5.01. The van der Waals surface area contributed by atoms with Crippen LogP contribution in [0.4, 0.5) is 0 Å². The minimum absolute atomic E-state index is 0.0710. The zero-order chi connectivity index (χ0) is 39.2. The van der Waals surface area contributed by atoms with Gasteiger partial charge >= 0.3 is 5.97 Å². The molecule has 3 aliphatic rings. The van der Waals surface area contributed by atoms with Crippen LogP contribution in [0.2, 0.25) is 0 Å². The summed E-state index contributed by atoms with van der Waals surface area (Å²) >= 11 is 0. The number of carboxylic acids is 1. The second kappa shape index (κ2) is 20.3. The van der Waals surface area contributed by atoms with Gasteiger partial charge in [0.15, 0.2) is 5.96 Å². The fourth-order valence-electron chi connectivity index (χ4n) is 6.95. The van der Waals surface area contributed by atoms with Gasteiger partial charge in [-0.2, -0.15) is 0 Å². The Morgan fingerprint density at radius 1 is 0.755 bits per heavy atom. The molecular weight excluding hydrogens is 694 g/mol. The summed E-state index contributed by atoms with van der Waals surface area (Å²) in [7, 11) is 0. The quantitative estimate of drug-likeness (QED) is 0.0375. The molecule has 0 aromatic heterocycles. The number of likely N-dealkylation sites (tertiary alicyclic amines) is 3. The molecule has 3 saturated heterocycles. The van der Waals surface area contributed by atoms with Crippen molar-refractivity contribution in [3.63, 3.8) is 0 Å². The zero-order valence-corrected chi connectivity index (χ0v) is 30.5. The summed E-state index contributed by atoms with van der Waals surface area (Å²) < 4.78 is 0. The summed E-state index contributed by atoms with van der Waals surface area (Å²) in [5, 5.41) is 29.7. The van der Waals surface area contributed by atoms with Crippen LogP contribution in [0.3, 0.4) is 0 Å². The lowest BCUT2D eigenvalue weighted by molar-refractivity contribution is -0.148. The van der Waals surface area contributed by atoms with Gasteiger partial charge in [-0.25, -0.2) is 4.79 Å². The Balaban J connectivity index is 1.60. The van der Waals surface area contributed by atoms with Gasteiger partial charge in [0.1, 0.15) is 30.2 Å². The highest BCUT2D eigenvalue weighted by atomic mass is 16.4. The molecule has 11 N–H and O–H groups in total. The highest BCUT2D eigenvalue weighted by Crippen LogP contribution is 2.25. The number of hydrogen-bond acceptors (Lipinski definition) is 10. The lowest BCUT2D eigenvalue weighted by atomic mass is 10.0. The van der Waals surface area contributed by atoms with E-state index < -0.39 is 78.8 Å². The highest BCUT2D eigenvalue weighted by molar-refractivity contribution is 5.96. The van der Waals surface area contributed by atoms with Crippen molar-refractivity contribution in [1.29, 1.82) is 5.41 Å². The smallest absolute Gasteiger partial charge is 0.326 e. The maximum atomic E-state index is 13.5. The maximum Gasteiger partial charge on any atom is 0.326 e. The molecule has 3 fully saturated rings. The van der Waals surface area contributed by atoms with Crippen molar-refractivity contribution in [3.8, 4) is 0 Å². The van der Waals surface area contributed by atoms with Gasteiger partial charge in [-0.05, 0) is 63.7 Å². The molecule has 20 heteroatoms. The van der Waals surface area contributed by atoms with Gasteiger partial charge < -0.3 is 57.9 Å². The first-order valence-electron chi connectivity index (χ1n) is 18.2. The Labute approximate surface area is 308 Å². The number of nitrogens with one attached hydrogen (secondary N) is 6. The molecule has 3 aliphatic heterocycles. The fourth-order valence-corrected chi connectivity index (χ4v) is 6.95. The van der Waals surface area contributed by atoms with Crippen molar-refractivity contribution in [1.82, 2.24) is 41.3 Å². The molecule has 0 saturated carbocycles. The van der Waals surface area contributed by atoms with E-state index in [9.17, 15) is 43.5 Å². The normalized spacial score (nSPS) is 20.8. The van der Waals surface area contributed by atoms with Crippen LogP contribution in [-0.2, 0) is 38.4 Å². The van der Waals surface area contributed by atoms with Crippen LogP contribution in [0.1, 0.15) is 71.6 Å². The molecule has 0 unspecified atom stereocenters. The van der Waals surface area contributed by atoms with E-state index in [1.807, 2.05) is 13.8 Å². The van der Waals surface area contributed by atoms with E-state index in [2.05, 4.69) is 26.6 Å². The number of carboxylic acid groups (broad SMARTS) is 1. The van der Waals surface area contributed by atoms with Gasteiger partial charge in [-0.15, -0.1) is 0 Å². The first-order valence-corrected chi connectivity index (χ1v) is 18.2. The molecule has 3 heterocycles. The summed E-state index contributed by atoms with van der Waals surface area (Å²) in [6, 6.07) is -4.76.